The van der Waals surface area contributed by atoms with E-state index in [4.69, 9.17) is 4.74 Å². The van der Waals surface area contributed by atoms with Crippen molar-refractivity contribution >= 4 is 28.9 Å². The van der Waals surface area contributed by atoms with E-state index in [0.717, 1.165) is 5.56 Å². The van der Waals surface area contributed by atoms with Gasteiger partial charge in [0.1, 0.15) is 5.75 Å². The van der Waals surface area contributed by atoms with Crippen molar-refractivity contribution in [2.45, 2.75) is 19.9 Å². The van der Waals surface area contributed by atoms with Crippen LogP contribution in [0, 0.1) is 10.1 Å². The van der Waals surface area contributed by atoms with Crippen LogP contribution in [0.5, 0.6) is 5.75 Å². The van der Waals surface area contributed by atoms with Crippen molar-refractivity contribution in [1.82, 2.24) is 4.57 Å². The normalized spacial score (nSPS) is 15.8. The number of fused-ring (bicyclic) bond motifs is 1. The maximum Gasteiger partial charge on any atom is 0.271 e. The van der Waals surface area contributed by atoms with Crippen LogP contribution in [0.3, 0.4) is 0 Å². The van der Waals surface area contributed by atoms with Crippen LogP contribution < -0.4 is 19.6 Å². The van der Waals surface area contributed by atoms with Crippen molar-refractivity contribution in [3.63, 3.8) is 0 Å². The summed E-state index contributed by atoms with van der Waals surface area (Å²) < 4.78 is 7.19. The van der Waals surface area contributed by atoms with Crippen LogP contribution in [0.2, 0.25) is 0 Å². The monoisotopic (exact) mass is 449 g/mol. The summed E-state index contributed by atoms with van der Waals surface area (Å²) in [4.78, 5) is 41.3. The van der Waals surface area contributed by atoms with E-state index in [-0.39, 0.29) is 17.0 Å². The summed E-state index contributed by atoms with van der Waals surface area (Å²) in [5.41, 5.74) is 2.16. The first-order valence-electron chi connectivity index (χ1n) is 9.72. The van der Waals surface area contributed by atoms with Gasteiger partial charge in [0.2, 0.25) is 0 Å². The SMILES string of the molecule is COc1ccc([C@H]2C(C(C)=O)=C(C)N=c3s/c(=C/c4ccc([N+](=O)[O-])cc4)c(=O)n32)cc1. The molecule has 2 aromatic carbocycles. The smallest absolute Gasteiger partial charge is 0.271 e. The quantitative estimate of drug-likeness (QED) is 0.440. The lowest BCUT2D eigenvalue weighted by atomic mass is 9.93. The molecule has 1 atom stereocenters. The van der Waals surface area contributed by atoms with Gasteiger partial charge < -0.3 is 4.74 Å². The number of carbonyl (C=O) groups is 1. The Morgan fingerprint density at radius 3 is 2.41 bits per heavy atom. The van der Waals surface area contributed by atoms with Gasteiger partial charge in [-0.1, -0.05) is 23.5 Å². The van der Waals surface area contributed by atoms with Gasteiger partial charge in [-0.2, -0.15) is 0 Å². The number of thiazole rings is 1. The van der Waals surface area contributed by atoms with Gasteiger partial charge >= 0.3 is 0 Å². The fourth-order valence-corrected chi connectivity index (χ4v) is 4.76. The molecular weight excluding hydrogens is 430 g/mol. The van der Waals surface area contributed by atoms with Crippen LogP contribution in [0.25, 0.3) is 6.08 Å². The molecule has 0 saturated carbocycles. The van der Waals surface area contributed by atoms with Gasteiger partial charge in [0.25, 0.3) is 11.2 Å². The van der Waals surface area contributed by atoms with E-state index in [0.29, 0.717) is 31.9 Å². The average Bonchev–Trinajstić information content (AvgIpc) is 3.07. The molecule has 1 aliphatic rings. The first kappa shape index (κ1) is 21.4. The summed E-state index contributed by atoms with van der Waals surface area (Å²) in [6.45, 7) is 3.23. The third-order valence-electron chi connectivity index (χ3n) is 5.23. The second-order valence-electron chi connectivity index (χ2n) is 7.26. The summed E-state index contributed by atoms with van der Waals surface area (Å²) in [6, 6.07) is 12.6. The van der Waals surface area contributed by atoms with Gasteiger partial charge in [0.05, 0.1) is 22.6 Å². The molecule has 4 rings (SSSR count). The first-order chi connectivity index (χ1) is 15.3. The number of rotatable bonds is 5. The number of ketones is 1. The average molecular weight is 449 g/mol. The van der Waals surface area contributed by atoms with Gasteiger partial charge in [-0.15, -0.1) is 0 Å². The maximum atomic E-state index is 13.4. The van der Waals surface area contributed by atoms with E-state index < -0.39 is 11.0 Å². The van der Waals surface area contributed by atoms with Crippen molar-refractivity contribution in [1.29, 1.82) is 0 Å². The lowest BCUT2D eigenvalue weighted by molar-refractivity contribution is -0.384. The van der Waals surface area contributed by atoms with Crippen LogP contribution in [-0.2, 0) is 4.79 Å². The Balaban J connectivity index is 1.90. The highest BCUT2D eigenvalue weighted by molar-refractivity contribution is 7.07. The number of hydrogen-bond acceptors (Lipinski definition) is 7. The highest BCUT2D eigenvalue weighted by atomic mass is 32.1. The molecule has 0 amide bonds. The van der Waals surface area contributed by atoms with Crippen molar-refractivity contribution in [3.05, 3.63) is 101 Å². The van der Waals surface area contributed by atoms with Crippen LogP contribution in [0.4, 0.5) is 5.69 Å². The standard InChI is InChI=1S/C23H19N3O5S/c1-13-20(14(2)27)21(16-6-10-18(31-3)11-7-16)25-22(28)19(32-23(25)24-13)12-15-4-8-17(9-5-15)26(29)30/h4-12,21H,1-3H3/b19-12+/t21-/m0/s1. The number of non-ortho nitro benzene ring substituents is 1. The van der Waals surface area contributed by atoms with Crippen LogP contribution >= 0.6 is 11.3 Å². The Bertz CT molecular complexity index is 1430. The third kappa shape index (κ3) is 3.78. The van der Waals surface area contributed by atoms with Crippen molar-refractivity contribution in [2.75, 3.05) is 7.11 Å². The fourth-order valence-electron chi connectivity index (χ4n) is 3.72. The van der Waals surface area contributed by atoms with Gasteiger partial charge in [-0.05, 0) is 55.3 Å². The molecular formula is C23H19N3O5S. The van der Waals surface area contributed by atoms with E-state index >= 15 is 0 Å². The van der Waals surface area contributed by atoms with Crippen molar-refractivity contribution in [3.8, 4) is 5.75 Å². The molecule has 162 valence electrons. The fraction of sp³-hybridized carbons (Fsp3) is 0.174. The molecule has 0 radical (unpaired) electrons. The van der Waals surface area contributed by atoms with Gasteiger partial charge in [-0.3, -0.25) is 24.3 Å². The number of methoxy groups -OCH3 is 1. The number of nitrogens with zero attached hydrogens (tertiary/aromatic N) is 3. The predicted octanol–water partition coefficient (Wildman–Crippen LogP) is 2.74. The second kappa shape index (κ2) is 8.35. The molecule has 1 aliphatic heterocycles. The molecule has 0 saturated heterocycles. The summed E-state index contributed by atoms with van der Waals surface area (Å²) in [6.07, 6.45) is 1.67. The molecule has 1 aromatic heterocycles. The van der Waals surface area contributed by atoms with E-state index in [2.05, 4.69) is 4.99 Å². The Kier molecular flexibility index (Phi) is 5.58. The van der Waals surface area contributed by atoms with E-state index in [1.165, 1.54) is 35.0 Å². The lowest BCUT2D eigenvalue weighted by Crippen LogP contribution is -2.39. The van der Waals surface area contributed by atoms with E-state index in [9.17, 15) is 19.7 Å². The highest BCUT2D eigenvalue weighted by Crippen LogP contribution is 2.31. The first-order valence-corrected chi connectivity index (χ1v) is 10.5. The minimum absolute atomic E-state index is 0.0233. The van der Waals surface area contributed by atoms with Gasteiger partial charge in [-0.25, -0.2) is 4.99 Å². The van der Waals surface area contributed by atoms with E-state index in [1.807, 2.05) is 12.1 Å². The summed E-state index contributed by atoms with van der Waals surface area (Å²) in [7, 11) is 1.57. The van der Waals surface area contributed by atoms with Crippen LogP contribution in [-0.4, -0.2) is 22.4 Å². The number of nitro benzene ring substituents is 1. The van der Waals surface area contributed by atoms with Crippen LogP contribution in [0.15, 0.2) is 69.6 Å². The molecule has 0 unspecified atom stereocenters. The molecule has 8 nitrogen and oxygen atoms in total. The van der Waals surface area contributed by atoms with Crippen LogP contribution in [0.1, 0.15) is 31.0 Å². The number of aromatic nitrogens is 1. The molecule has 0 spiro atoms. The summed E-state index contributed by atoms with van der Waals surface area (Å²) >= 11 is 1.22. The Morgan fingerprint density at radius 1 is 1.19 bits per heavy atom. The number of carbonyl (C=O) groups excluding carboxylic acids is 1. The number of nitro groups is 1. The lowest BCUT2D eigenvalue weighted by Gasteiger charge is -2.24. The molecule has 0 bridgehead atoms. The number of benzene rings is 2. The zero-order valence-corrected chi connectivity index (χ0v) is 18.4. The number of hydrogen-bond donors (Lipinski definition) is 0. The Morgan fingerprint density at radius 2 is 1.84 bits per heavy atom. The molecule has 0 N–H and O–H groups in total. The predicted molar refractivity (Wildman–Crippen MR) is 121 cm³/mol. The maximum absolute atomic E-state index is 13.4. The zero-order chi connectivity index (χ0) is 23.0. The zero-order valence-electron chi connectivity index (χ0n) is 17.6. The molecule has 0 aliphatic carbocycles. The number of Topliss-reactive ketones (excluding diaryl/α,β-unsaturated/α-hetero) is 1. The van der Waals surface area contributed by atoms with E-state index in [1.54, 1.807) is 44.4 Å². The Hall–Kier alpha value is -3.85. The number of allylic oxidation sites excluding steroid dienone is 2. The van der Waals surface area contributed by atoms with Gasteiger partial charge in [0, 0.05) is 23.4 Å². The third-order valence-corrected chi connectivity index (χ3v) is 6.22. The molecule has 32 heavy (non-hydrogen) atoms. The summed E-state index contributed by atoms with van der Waals surface area (Å²) in [5, 5.41) is 10.9. The molecule has 0 fully saturated rings. The van der Waals surface area contributed by atoms with Crippen molar-refractivity contribution in [2.24, 2.45) is 4.99 Å². The summed E-state index contributed by atoms with van der Waals surface area (Å²) in [5.74, 6) is 0.515. The highest BCUT2D eigenvalue weighted by Gasteiger charge is 2.30. The molecule has 9 heteroatoms. The topological polar surface area (TPSA) is 104 Å². The van der Waals surface area contributed by atoms with Gasteiger partial charge in [0.15, 0.2) is 10.6 Å². The Labute approximate surface area is 186 Å². The number of ether oxygens (including phenoxy) is 1. The minimum Gasteiger partial charge on any atom is -0.497 e. The molecule has 2 heterocycles. The van der Waals surface area contributed by atoms with Crippen molar-refractivity contribution < 1.29 is 14.5 Å². The minimum atomic E-state index is -0.603. The second-order valence-corrected chi connectivity index (χ2v) is 8.27. The molecule has 3 aromatic rings. The largest absolute Gasteiger partial charge is 0.497 e.